The fourth-order valence-corrected chi connectivity index (χ4v) is 2.12. The maximum atomic E-state index is 12.2. The lowest BCUT2D eigenvalue weighted by molar-refractivity contribution is 0.0785. The molecule has 0 fully saturated rings. The minimum absolute atomic E-state index is 0.0340. The molecule has 0 N–H and O–H groups in total. The van der Waals surface area contributed by atoms with Gasteiger partial charge in [-0.1, -0.05) is 29.8 Å². The summed E-state index contributed by atoms with van der Waals surface area (Å²) < 4.78 is 0. The van der Waals surface area contributed by atoms with Gasteiger partial charge in [0.05, 0.1) is 0 Å². The van der Waals surface area contributed by atoms with Crippen LogP contribution in [-0.4, -0.2) is 17.9 Å². The zero-order valence-electron chi connectivity index (χ0n) is 10.5. The van der Waals surface area contributed by atoms with Gasteiger partial charge in [-0.25, -0.2) is 0 Å². The Morgan fingerprint density at radius 1 is 1.16 bits per heavy atom. The third-order valence-corrected chi connectivity index (χ3v) is 3.49. The lowest BCUT2D eigenvalue weighted by Crippen LogP contribution is -2.26. The summed E-state index contributed by atoms with van der Waals surface area (Å²) in [6.07, 6.45) is 0. The molecule has 0 aliphatic heterocycles. The van der Waals surface area contributed by atoms with E-state index in [1.54, 1.807) is 36.2 Å². The molecule has 98 valence electrons. The predicted molar refractivity (Wildman–Crippen MR) is 80.9 cm³/mol. The first-order valence-corrected chi connectivity index (χ1v) is 6.68. The van der Waals surface area contributed by atoms with Crippen LogP contribution in [0.25, 0.3) is 0 Å². The van der Waals surface area contributed by atoms with Gasteiger partial charge in [0.15, 0.2) is 0 Å². The maximum absolute atomic E-state index is 12.2. The second kappa shape index (κ2) is 6.13. The SMILES string of the molecule is CN(Cc1ccccc1Cl)C(=O)c1ccc(S)cc1. The van der Waals surface area contributed by atoms with Crippen LogP contribution in [0.3, 0.4) is 0 Å². The molecule has 0 aromatic heterocycles. The Kier molecular flexibility index (Phi) is 4.51. The summed E-state index contributed by atoms with van der Waals surface area (Å²) in [5.74, 6) is -0.0340. The summed E-state index contributed by atoms with van der Waals surface area (Å²) in [4.78, 5) is 14.7. The predicted octanol–water partition coefficient (Wildman–Crippen LogP) is 3.90. The van der Waals surface area contributed by atoms with Crippen molar-refractivity contribution in [1.82, 2.24) is 4.90 Å². The number of carbonyl (C=O) groups excluding carboxylic acids is 1. The van der Waals surface area contributed by atoms with E-state index >= 15 is 0 Å². The molecule has 2 aromatic rings. The molecule has 0 radical (unpaired) electrons. The van der Waals surface area contributed by atoms with Gasteiger partial charge in [-0.15, -0.1) is 12.6 Å². The number of rotatable bonds is 3. The van der Waals surface area contributed by atoms with Gasteiger partial charge in [0.2, 0.25) is 0 Å². The molecule has 1 amide bonds. The van der Waals surface area contributed by atoms with Crippen LogP contribution in [0.1, 0.15) is 15.9 Å². The lowest BCUT2D eigenvalue weighted by atomic mass is 10.1. The first kappa shape index (κ1) is 14.0. The first-order valence-electron chi connectivity index (χ1n) is 5.86. The Morgan fingerprint density at radius 2 is 1.79 bits per heavy atom. The van der Waals surface area contributed by atoms with Gasteiger partial charge in [-0.3, -0.25) is 4.79 Å². The first-order chi connectivity index (χ1) is 9.08. The molecule has 4 heteroatoms. The molecule has 0 heterocycles. The van der Waals surface area contributed by atoms with Gasteiger partial charge < -0.3 is 4.90 Å². The number of carbonyl (C=O) groups is 1. The van der Waals surface area contributed by atoms with E-state index in [1.807, 2.05) is 24.3 Å². The molecule has 0 aliphatic carbocycles. The number of thiol groups is 1. The number of halogens is 1. The fraction of sp³-hybridized carbons (Fsp3) is 0.133. The highest BCUT2D eigenvalue weighted by Gasteiger charge is 2.12. The van der Waals surface area contributed by atoms with Crippen LogP contribution < -0.4 is 0 Å². The van der Waals surface area contributed by atoms with E-state index in [9.17, 15) is 4.79 Å². The van der Waals surface area contributed by atoms with Crippen LogP contribution in [0.15, 0.2) is 53.4 Å². The second-order valence-corrected chi connectivity index (χ2v) is 5.22. The zero-order valence-corrected chi connectivity index (χ0v) is 12.2. The van der Waals surface area contributed by atoms with E-state index in [1.165, 1.54) is 0 Å². The Morgan fingerprint density at radius 3 is 2.42 bits per heavy atom. The Balaban J connectivity index is 2.12. The number of amides is 1. The second-order valence-electron chi connectivity index (χ2n) is 4.30. The van der Waals surface area contributed by atoms with Crippen molar-refractivity contribution in [2.24, 2.45) is 0 Å². The van der Waals surface area contributed by atoms with Crippen LogP contribution in [0.4, 0.5) is 0 Å². The van der Waals surface area contributed by atoms with Crippen LogP contribution in [-0.2, 0) is 6.54 Å². The molecule has 0 bridgehead atoms. The number of nitrogens with zero attached hydrogens (tertiary/aromatic N) is 1. The highest BCUT2D eigenvalue weighted by atomic mass is 35.5. The van der Waals surface area contributed by atoms with E-state index in [0.717, 1.165) is 10.5 Å². The number of benzene rings is 2. The minimum Gasteiger partial charge on any atom is -0.337 e. The number of hydrogen-bond acceptors (Lipinski definition) is 2. The van der Waals surface area contributed by atoms with E-state index < -0.39 is 0 Å². The van der Waals surface area contributed by atoms with Crippen molar-refractivity contribution in [2.45, 2.75) is 11.4 Å². The van der Waals surface area contributed by atoms with Crippen LogP contribution >= 0.6 is 24.2 Å². The van der Waals surface area contributed by atoms with Crippen molar-refractivity contribution in [3.05, 3.63) is 64.7 Å². The highest BCUT2D eigenvalue weighted by molar-refractivity contribution is 7.80. The average Bonchev–Trinajstić information content (AvgIpc) is 2.41. The molecule has 2 rings (SSSR count). The monoisotopic (exact) mass is 291 g/mol. The smallest absolute Gasteiger partial charge is 0.253 e. The molecule has 2 aromatic carbocycles. The van der Waals surface area contributed by atoms with Gasteiger partial charge >= 0.3 is 0 Å². The number of hydrogen-bond donors (Lipinski definition) is 1. The van der Waals surface area contributed by atoms with E-state index in [4.69, 9.17) is 11.6 Å². The molecule has 0 unspecified atom stereocenters. The molecule has 0 saturated heterocycles. The summed E-state index contributed by atoms with van der Waals surface area (Å²) in [7, 11) is 1.76. The average molecular weight is 292 g/mol. The molecule has 0 aliphatic rings. The summed E-state index contributed by atoms with van der Waals surface area (Å²) in [6.45, 7) is 0.487. The van der Waals surface area contributed by atoms with Crippen molar-refractivity contribution in [3.63, 3.8) is 0 Å². The Bertz CT molecular complexity index is 583. The van der Waals surface area contributed by atoms with Gasteiger partial charge in [0.25, 0.3) is 5.91 Å². The van der Waals surface area contributed by atoms with Crippen molar-refractivity contribution < 1.29 is 4.79 Å². The van der Waals surface area contributed by atoms with E-state index in [0.29, 0.717) is 17.1 Å². The van der Waals surface area contributed by atoms with Crippen LogP contribution in [0.2, 0.25) is 5.02 Å². The fourth-order valence-electron chi connectivity index (χ4n) is 1.78. The minimum atomic E-state index is -0.0340. The van der Waals surface area contributed by atoms with Gasteiger partial charge in [-0.05, 0) is 35.9 Å². The van der Waals surface area contributed by atoms with Gasteiger partial charge in [0, 0.05) is 29.1 Å². The highest BCUT2D eigenvalue weighted by Crippen LogP contribution is 2.18. The third-order valence-electron chi connectivity index (χ3n) is 2.83. The van der Waals surface area contributed by atoms with Gasteiger partial charge in [0.1, 0.15) is 0 Å². The van der Waals surface area contributed by atoms with E-state index in [2.05, 4.69) is 12.6 Å². The van der Waals surface area contributed by atoms with Crippen molar-refractivity contribution in [1.29, 1.82) is 0 Å². The molecule has 0 atom stereocenters. The normalized spacial score (nSPS) is 10.3. The Labute approximate surface area is 123 Å². The van der Waals surface area contributed by atoms with Crippen molar-refractivity contribution in [3.8, 4) is 0 Å². The maximum Gasteiger partial charge on any atom is 0.253 e. The summed E-state index contributed by atoms with van der Waals surface area (Å²) in [6, 6.07) is 14.7. The summed E-state index contributed by atoms with van der Waals surface area (Å²) in [5.41, 5.74) is 1.58. The molecule has 0 spiro atoms. The van der Waals surface area contributed by atoms with Crippen molar-refractivity contribution in [2.75, 3.05) is 7.05 Å². The molecule has 2 nitrogen and oxygen atoms in total. The molecular weight excluding hydrogens is 278 g/mol. The van der Waals surface area contributed by atoms with E-state index in [-0.39, 0.29) is 5.91 Å². The molecular formula is C15H14ClNOS. The molecule has 19 heavy (non-hydrogen) atoms. The van der Waals surface area contributed by atoms with Gasteiger partial charge in [-0.2, -0.15) is 0 Å². The summed E-state index contributed by atoms with van der Waals surface area (Å²) >= 11 is 10.3. The topological polar surface area (TPSA) is 20.3 Å². The molecule has 0 saturated carbocycles. The quantitative estimate of drug-likeness (QED) is 0.851. The van der Waals surface area contributed by atoms with Crippen LogP contribution in [0, 0.1) is 0 Å². The third kappa shape index (κ3) is 3.52. The zero-order chi connectivity index (χ0) is 13.8. The van der Waals surface area contributed by atoms with Crippen molar-refractivity contribution >= 4 is 30.1 Å². The standard InChI is InChI=1S/C15H14ClNOS/c1-17(10-12-4-2-3-5-14(12)16)15(18)11-6-8-13(19)9-7-11/h2-9,19H,10H2,1H3. The largest absolute Gasteiger partial charge is 0.337 e. The Hall–Kier alpha value is -1.45. The van der Waals surface area contributed by atoms with Crippen LogP contribution in [0.5, 0.6) is 0 Å². The summed E-state index contributed by atoms with van der Waals surface area (Å²) in [5, 5.41) is 0.674. The lowest BCUT2D eigenvalue weighted by Gasteiger charge is -2.18.